The molecule has 4 heteroatoms. The summed E-state index contributed by atoms with van der Waals surface area (Å²) in [7, 11) is 0. The van der Waals surface area contributed by atoms with E-state index in [9.17, 15) is 0 Å². The molecule has 1 aromatic carbocycles. The van der Waals surface area contributed by atoms with Crippen molar-refractivity contribution in [3.05, 3.63) is 58.9 Å². The van der Waals surface area contributed by atoms with Gasteiger partial charge in [-0.05, 0) is 30.3 Å². The highest BCUT2D eigenvalue weighted by molar-refractivity contribution is 6.32. The minimum atomic E-state index is 0.457. The molecule has 17 heavy (non-hydrogen) atoms. The third-order valence-electron chi connectivity index (χ3n) is 2.29. The number of nitrogens with zero attached hydrogens (tertiary/aromatic N) is 2. The van der Waals surface area contributed by atoms with Crippen LogP contribution in [0, 0.1) is 11.3 Å². The number of halogens is 1. The summed E-state index contributed by atoms with van der Waals surface area (Å²) >= 11 is 5.93. The third-order valence-corrected chi connectivity index (χ3v) is 2.60. The average molecular weight is 244 g/mol. The lowest BCUT2D eigenvalue weighted by molar-refractivity contribution is 1.05. The first-order valence-electron chi connectivity index (χ1n) is 5.13. The molecular formula is C13H10ClN3. The van der Waals surface area contributed by atoms with E-state index in [1.807, 2.05) is 30.3 Å². The molecule has 2 aromatic rings. The van der Waals surface area contributed by atoms with E-state index in [0.717, 1.165) is 11.4 Å². The van der Waals surface area contributed by atoms with Gasteiger partial charge in [-0.2, -0.15) is 5.26 Å². The van der Waals surface area contributed by atoms with Crippen molar-refractivity contribution in [1.29, 1.82) is 5.26 Å². The van der Waals surface area contributed by atoms with E-state index >= 15 is 0 Å². The normalized spacial score (nSPS) is 9.65. The second kappa shape index (κ2) is 5.33. The summed E-state index contributed by atoms with van der Waals surface area (Å²) in [4.78, 5) is 4.20. The molecule has 1 heterocycles. The maximum Gasteiger partial charge on any atom is 0.101 e. The molecule has 0 saturated heterocycles. The largest absolute Gasteiger partial charge is 0.379 e. The molecule has 0 unspecified atom stereocenters. The van der Waals surface area contributed by atoms with Gasteiger partial charge in [0, 0.05) is 11.9 Å². The van der Waals surface area contributed by atoms with Crippen LogP contribution < -0.4 is 5.32 Å². The molecule has 0 amide bonds. The van der Waals surface area contributed by atoms with E-state index in [2.05, 4.69) is 10.3 Å². The quantitative estimate of drug-likeness (QED) is 0.901. The Balaban J connectivity index is 2.06. The first kappa shape index (κ1) is 11.4. The van der Waals surface area contributed by atoms with Crippen LogP contribution in [0.5, 0.6) is 0 Å². The zero-order chi connectivity index (χ0) is 12.1. The van der Waals surface area contributed by atoms with Crippen LogP contribution in [-0.4, -0.2) is 4.98 Å². The van der Waals surface area contributed by atoms with Crippen LogP contribution in [0.4, 0.5) is 5.69 Å². The molecule has 0 aliphatic carbocycles. The van der Waals surface area contributed by atoms with Crippen molar-refractivity contribution in [1.82, 2.24) is 4.98 Å². The molecule has 2 rings (SSSR count). The molecule has 0 aliphatic rings. The van der Waals surface area contributed by atoms with Gasteiger partial charge < -0.3 is 5.32 Å². The Kier molecular flexibility index (Phi) is 3.59. The molecular weight excluding hydrogens is 234 g/mol. The number of hydrogen-bond acceptors (Lipinski definition) is 3. The van der Waals surface area contributed by atoms with Gasteiger partial charge in [-0.1, -0.05) is 17.7 Å². The van der Waals surface area contributed by atoms with Crippen LogP contribution >= 0.6 is 11.6 Å². The van der Waals surface area contributed by atoms with Crippen LogP contribution in [0.3, 0.4) is 0 Å². The number of aromatic nitrogens is 1. The molecule has 0 aliphatic heterocycles. The molecule has 0 saturated carbocycles. The SMILES string of the molecule is N#Cc1ccc(NCc2ccccn2)cc1Cl. The van der Waals surface area contributed by atoms with Crippen molar-refractivity contribution in [3.63, 3.8) is 0 Å². The Morgan fingerprint density at radius 3 is 2.82 bits per heavy atom. The van der Waals surface area contributed by atoms with Crippen LogP contribution in [0.1, 0.15) is 11.3 Å². The number of anilines is 1. The molecule has 0 bridgehead atoms. The Morgan fingerprint density at radius 1 is 1.29 bits per heavy atom. The predicted molar refractivity (Wildman–Crippen MR) is 67.7 cm³/mol. The highest BCUT2D eigenvalue weighted by Crippen LogP contribution is 2.20. The molecule has 0 fully saturated rings. The van der Waals surface area contributed by atoms with Crippen molar-refractivity contribution in [2.75, 3.05) is 5.32 Å². The summed E-state index contributed by atoms with van der Waals surface area (Å²) in [5.41, 5.74) is 2.31. The third kappa shape index (κ3) is 2.96. The molecule has 84 valence electrons. The summed E-state index contributed by atoms with van der Waals surface area (Å²) in [6.07, 6.45) is 1.75. The van der Waals surface area contributed by atoms with Crippen LogP contribution in [0.15, 0.2) is 42.6 Å². The highest BCUT2D eigenvalue weighted by atomic mass is 35.5. The minimum absolute atomic E-state index is 0.457. The number of hydrogen-bond donors (Lipinski definition) is 1. The maximum absolute atomic E-state index is 8.75. The first-order valence-corrected chi connectivity index (χ1v) is 5.51. The van der Waals surface area contributed by atoms with Crippen LogP contribution in [0.2, 0.25) is 5.02 Å². The van der Waals surface area contributed by atoms with Crippen molar-refractivity contribution < 1.29 is 0 Å². The molecule has 3 nitrogen and oxygen atoms in total. The van der Waals surface area contributed by atoms with Gasteiger partial charge in [0.1, 0.15) is 6.07 Å². The number of pyridine rings is 1. The van der Waals surface area contributed by atoms with Gasteiger partial charge in [0.05, 0.1) is 22.8 Å². The number of rotatable bonds is 3. The summed E-state index contributed by atoms with van der Waals surface area (Å²) < 4.78 is 0. The lowest BCUT2D eigenvalue weighted by atomic mass is 10.2. The van der Waals surface area contributed by atoms with Crippen molar-refractivity contribution >= 4 is 17.3 Å². The Morgan fingerprint density at radius 2 is 2.18 bits per heavy atom. The van der Waals surface area contributed by atoms with E-state index < -0.39 is 0 Å². The smallest absolute Gasteiger partial charge is 0.101 e. The summed E-state index contributed by atoms with van der Waals surface area (Å²) in [6, 6.07) is 13.0. The van der Waals surface area contributed by atoms with E-state index in [-0.39, 0.29) is 0 Å². The molecule has 0 radical (unpaired) electrons. The van der Waals surface area contributed by atoms with Gasteiger partial charge in [0.2, 0.25) is 0 Å². The Labute approximate surface area is 105 Å². The summed E-state index contributed by atoms with van der Waals surface area (Å²) in [5.74, 6) is 0. The van der Waals surface area contributed by atoms with E-state index in [1.54, 1.807) is 18.3 Å². The van der Waals surface area contributed by atoms with Gasteiger partial charge in [-0.15, -0.1) is 0 Å². The summed E-state index contributed by atoms with van der Waals surface area (Å²) in [6.45, 7) is 0.628. The summed E-state index contributed by atoms with van der Waals surface area (Å²) in [5, 5.41) is 12.4. The lowest BCUT2D eigenvalue weighted by Gasteiger charge is -2.06. The second-order valence-corrected chi connectivity index (χ2v) is 3.89. The van der Waals surface area contributed by atoms with Crippen molar-refractivity contribution in [2.45, 2.75) is 6.54 Å². The molecule has 1 N–H and O–H groups in total. The number of benzene rings is 1. The van der Waals surface area contributed by atoms with Gasteiger partial charge in [-0.3, -0.25) is 4.98 Å². The monoisotopic (exact) mass is 243 g/mol. The molecule has 0 atom stereocenters. The van der Waals surface area contributed by atoms with E-state index in [0.29, 0.717) is 17.1 Å². The predicted octanol–water partition coefficient (Wildman–Crippen LogP) is 3.22. The van der Waals surface area contributed by atoms with Crippen molar-refractivity contribution in [2.24, 2.45) is 0 Å². The second-order valence-electron chi connectivity index (χ2n) is 3.48. The van der Waals surface area contributed by atoms with Gasteiger partial charge in [0.25, 0.3) is 0 Å². The number of nitriles is 1. The Hall–Kier alpha value is -2.05. The highest BCUT2D eigenvalue weighted by Gasteiger charge is 2.00. The molecule has 0 spiro atoms. The molecule has 1 aromatic heterocycles. The van der Waals surface area contributed by atoms with E-state index in [1.165, 1.54) is 0 Å². The number of nitrogens with one attached hydrogen (secondary N) is 1. The first-order chi connectivity index (χ1) is 8.29. The lowest BCUT2D eigenvalue weighted by Crippen LogP contribution is -2.01. The topological polar surface area (TPSA) is 48.7 Å². The van der Waals surface area contributed by atoms with Crippen LogP contribution in [0.25, 0.3) is 0 Å². The Bertz CT molecular complexity index is 546. The zero-order valence-electron chi connectivity index (χ0n) is 9.02. The average Bonchev–Trinajstić information content (AvgIpc) is 2.38. The van der Waals surface area contributed by atoms with Crippen molar-refractivity contribution in [3.8, 4) is 6.07 Å². The van der Waals surface area contributed by atoms with Gasteiger partial charge in [-0.25, -0.2) is 0 Å². The van der Waals surface area contributed by atoms with Gasteiger partial charge in [0.15, 0.2) is 0 Å². The standard InChI is InChI=1S/C13H10ClN3/c14-13-7-11(5-4-10(13)8-15)17-9-12-3-1-2-6-16-12/h1-7,17H,9H2. The zero-order valence-corrected chi connectivity index (χ0v) is 9.78. The van der Waals surface area contributed by atoms with Gasteiger partial charge >= 0.3 is 0 Å². The van der Waals surface area contributed by atoms with Crippen LogP contribution in [-0.2, 0) is 6.54 Å². The maximum atomic E-state index is 8.75. The fraction of sp³-hybridized carbons (Fsp3) is 0.0769. The van der Waals surface area contributed by atoms with E-state index in [4.69, 9.17) is 16.9 Å². The fourth-order valence-electron chi connectivity index (χ4n) is 1.41. The minimum Gasteiger partial charge on any atom is -0.379 e. The fourth-order valence-corrected chi connectivity index (χ4v) is 1.63.